The molecular weight excluding hydrogens is 568 g/mol. The molecule has 0 spiro atoms. The second-order valence-electron chi connectivity index (χ2n) is 10.9. The van der Waals surface area contributed by atoms with Crippen molar-refractivity contribution in [3.8, 4) is 11.5 Å². The van der Waals surface area contributed by atoms with Crippen molar-refractivity contribution < 1.29 is 44.4 Å². The highest BCUT2D eigenvalue weighted by atomic mass is 16.4. The normalized spacial score (nSPS) is 14.0. The number of aliphatic hydroxyl groups excluding tert-OH is 1. The first kappa shape index (κ1) is 36.4. The zero-order valence-corrected chi connectivity index (χ0v) is 24.3. The molecule has 17 nitrogen and oxygen atoms in total. The predicted octanol–water partition coefficient (Wildman–Crippen LogP) is -2.51. The second-order valence-corrected chi connectivity index (χ2v) is 10.9. The number of primary amides is 1. The van der Waals surface area contributed by atoms with Gasteiger partial charge in [0.1, 0.15) is 29.6 Å². The van der Waals surface area contributed by atoms with Gasteiger partial charge in [0.15, 0.2) is 12.0 Å². The van der Waals surface area contributed by atoms with E-state index in [1.165, 1.54) is 0 Å². The van der Waals surface area contributed by atoms with Gasteiger partial charge in [-0.1, -0.05) is 20.8 Å². The van der Waals surface area contributed by atoms with Crippen LogP contribution in [-0.2, 0) is 30.6 Å². The highest BCUT2D eigenvalue weighted by Crippen LogP contribution is 2.33. The van der Waals surface area contributed by atoms with Gasteiger partial charge < -0.3 is 59.3 Å². The molecule has 1 rings (SSSR count). The number of hydrogen-bond acceptors (Lipinski definition) is 10. The number of nitrogens with one attached hydrogen (secondary N) is 3. The number of guanidine groups is 1. The number of nitrogens with zero attached hydrogens (tertiary/aromatic N) is 1. The average molecular weight is 611 g/mol. The monoisotopic (exact) mass is 610 g/mol. The second kappa shape index (κ2) is 16.1. The Morgan fingerprint density at radius 1 is 0.884 bits per heavy atom. The Kier molecular flexibility index (Phi) is 13.6. The highest BCUT2D eigenvalue weighted by Gasteiger charge is 2.37. The molecule has 0 aliphatic heterocycles. The number of amides is 4. The Bertz CT molecular complexity index is 1190. The van der Waals surface area contributed by atoms with Gasteiger partial charge >= 0.3 is 5.97 Å². The Morgan fingerprint density at radius 2 is 1.44 bits per heavy atom. The van der Waals surface area contributed by atoms with E-state index < -0.39 is 89.7 Å². The first-order valence-electron chi connectivity index (χ1n) is 13.3. The summed E-state index contributed by atoms with van der Waals surface area (Å²) in [4.78, 5) is 67.1. The number of carbonyl (C=O) groups excluding carboxylic acids is 4. The number of unbranched alkanes of at least 4 members (excludes halogenated alkanes) is 1. The summed E-state index contributed by atoms with van der Waals surface area (Å²) in [5.41, 5.74) is 20.3. The minimum Gasteiger partial charge on any atom is -0.507 e. The van der Waals surface area contributed by atoms with Gasteiger partial charge in [-0.25, -0.2) is 9.79 Å². The number of nitrogens with two attached hydrogens (primary N) is 4. The lowest BCUT2D eigenvalue weighted by Gasteiger charge is -2.32. The Morgan fingerprint density at radius 3 is 1.88 bits per heavy atom. The Balaban J connectivity index is 3.33. The number of aromatic hydroxyl groups is 2. The smallest absolute Gasteiger partial charge is 0.326 e. The summed E-state index contributed by atoms with van der Waals surface area (Å²) >= 11 is 0. The molecule has 4 amide bonds. The third-order valence-corrected chi connectivity index (χ3v) is 6.24. The predicted molar refractivity (Wildman–Crippen MR) is 154 cm³/mol. The van der Waals surface area contributed by atoms with Gasteiger partial charge in [0.05, 0.1) is 18.6 Å². The number of carboxylic acid groups (broad SMARTS) is 1. The van der Waals surface area contributed by atoms with Crippen molar-refractivity contribution in [2.45, 2.75) is 77.2 Å². The molecule has 0 bridgehead atoms. The molecule has 4 atom stereocenters. The maximum absolute atomic E-state index is 13.3. The number of carbonyl (C=O) groups is 5. The highest BCUT2D eigenvalue weighted by molar-refractivity contribution is 5.97. The van der Waals surface area contributed by atoms with Crippen LogP contribution in [0, 0.1) is 5.41 Å². The first-order chi connectivity index (χ1) is 19.9. The van der Waals surface area contributed by atoms with Gasteiger partial charge in [0, 0.05) is 0 Å². The van der Waals surface area contributed by atoms with E-state index in [9.17, 15) is 44.4 Å². The summed E-state index contributed by atoms with van der Waals surface area (Å²) in [6.07, 6.45) is 0.350. The van der Waals surface area contributed by atoms with Gasteiger partial charge in [-0.2, -0.15) is 0 Å². The van der Waals surface area contributed by atoms with Crippen molar-refractivity contribution in [3.63, 3.8) is 0 Å². The van der Waals surface area contributed by atoms with Crippen LogP contribution < -0.4 is 38.9 Å². The number of aliphatic carboxylic acids is 1. The fourth-order valence-corrected chi connectivity index (χ4v) is 4.00. The molecular formula is C26H42N8O9. The summed E-state index contributed by atoms with van der Waals surface area (Å²) in [5, 5.41) is 46.3. The molecule has 0 radical (unpaired) electrons. The van der Waals surface area contributed by atoms with Crippen LogP contribution in [-0.4, -0.2) is 80.7 Å². The van der Waals surface area contributed by atoms with Crippen LogP contribution in [0.1, 0.15) is 63.6 Å². The summed E-state index contributed by atoms with van der Waals surface area (Å²) in [5.74, 6) is -6.90. The van der Waals surface area contributed by atoms with Crippen molar-refractivity contribution in [1.82, 2.24) is 16.0 Å². The van der Waals surface area contributed by atoms with Crippen LogP contribution in [0.15, 0.2) is 17.1 Å². The topological polar surface area (TPSA) is 319 Å². The lowest BCUT2D eigenvalue weighted by molar-refractivity contribution is -0.143. The third-order valence-electron chi connectivity index (χ3n) is 6.24. The van der Waals surface area contributed by atoms with Crippen molar-refractivity contribution in [2.75, 3.05) is 6.54 Å². The van der Waals surface area contributed by atoms with Gasteiger partial charge in [-0.05, 0) is 48.9 Å². The van der Waals surface area contributed by atoms with Crippen molar-refractivity contribution in [1.29, 1.82) is 0 Å². The number of phenols is 2. The van der Waals surface area contributed by atoms with Gasteiger partial charge in [-0.3, -0.25) is 19.2 Å². The fourth-order valence-electron chi connectivity index (χ4n) is 4.00. The first-order valence-corrected chi connectivity index (χ1v) is 13.3. The SMILES string of the molecule is CC(C)(C)[C@@H](NC(=O)[C@H](CC(N)=O)NC(=O)C(N=C(N)N)c1cc(O)c(CO)c(O)c1)C(=O)N[C@@H](CCCCN)C(=O)O. The van der Waals surface area contributed by atoms with E-state index in [-0.39, 0.29) is 17.5 Å². The molecule has 0 heterocycles. The van der Waals surface area contributed by atoms with Crippen LogP contribution in [0.3, 0.4) is 0 Å². The van der Waals surface area contributed by atoms with Crippen molar-refractivity contribution in [3.05, 3.63) is 23.3 Å². The van der Waals surface area contributed by atoms with Crippen molar-refractivity contribution in [2.24, 2.45) is 33.3 Å². The number of benzene rings is 1. The molecule has 17 heteroatoms. The minimum atomic E-state index is -1.65. The van der Waals surface area contributed by atoms with Crippen LogP contribution in [0.25, 0.3) is 0 Å². The lowest BCUT2D eigenvalue weighted by atomic mass is 9.85. The van der Waals surface area contributed by atoms with E-state index in [0.717, 1.165) is 12.1 Å². The van der Waals surface area contributed by atoms with Crippen LogP contribution in [0.4, 0.5) is 0 Å². The number of hydrogen-bond donors (Lipinski definition) is 11. The Hall–Kier alpha value is -4.64. The third kappa shape index (κ3) is 11.3. The summed E-state index contributed by atoms with van der Waals surface area (Å²) in [6.45, 7) is 4.43. The Labute approximate surface area is 248 Å². The maximum atomic E-state index is 13.3. The molecule has 0 aliphatic rings. The molecule has 1 aromatic carbocycles. The standard InChI is InChI=1S/C26H42N8O9/c1-26(2,3)20(23(41)31-14(24(42)43)6-4-5-7-27)34-21(39)15(10-18(28)38)32-22(40)19(33-25(29)30)12-8-16(36)13(11-35)17(37)9-12/h8-9,14-15,19-20,35-37H,4-7,10-11,27H2,1-3H3,(H2,28,38)(H,31,41)(H,32,40)(H,34,39)(H,42,43)(H4,29,30,33)/t14-,15-,19?,20-/m0/s1. The fraction of sp³-hybridized carbons (Fsp3) is 0.538. The maximum Gasteiger partial charge on any atom is 0.326 e. The molecule has 0 saturated heterocycles. The summed E-state index contributed by atoms with van der Waals surface area (Å²) in [6, 6.07) is -3.86. The zero-order valence-electron chi connectivity index (χ0n) is 24.3. The van der Waals surface area contributed by atoms with Crippen LogP contribution in [0.2, 0.25) is 0 Å². The number of rotatable bonds is 16. The quantitative estimate of drug-likeness (QED) is 0.0525. The molecule has 1 aromatic rings. The van der Waals surface area contributed by atoms with Crippen molar-refractivity contribution >= 4 is 35.6 Å². The largest absolute Gasteiger partial charge is 0.507 e. The van der Waals surface area contributed by atoms with Gasteiger partial charge in [-0.15, -0.1) is 0 Å². The number of aliphatic hydroxyl groups is 1. The van der Waals surface area contributed by atoms with E-state index >= 15 is 0 Å². The lowest BCUT2D eigenvalue weighted by Crippen LogP contribution is -2.60. The molecule has 240 valence electrons. The summed E-state index contributed by atoms with van der Waals surface area (Å²) < 4.78 is 0. The molecule has 0 aliphatic carbocycles. The van der Waals surface area contributed by atoms with Crippen LogP contribution >= 0.6 is 0 Å². The summed E-state index contributed by atoms with van der Waals surface area (Å²) in [7, 11) is 0. The molecule has 0 saturated carbocycles. The average Bonchev–Trinajstić information content (AvgIpc) is 2.87. The van der Waals surface area contributed by atoms with E-state index in [0.29, 0.717) is 19.4 Å². The van der Waals surface area contributed by atoms with E-state index in [2.05, 4.69) is 20.9 Å². The van der Waals surface area contributed by atoms with Gasteiger partial charge in [0.25, 0.3) is 0 Å². The number of carboxylic acids is 1. The molecule has 0 aromatic heterocycles. The van der Waals surface area contributed by atoms with Crippen LogP contribution in [0.5, 0.6) is 11.5 Å². The molecule has 15 N–H and O–H groups in total. The zero-order chi connectivity index (χ0) is 33.1. The van der Waals surface area contributed by atoms with E-state index in [4.69, 9.17) is 22.9 Å². The van der Waals surface area contributed by atoms with Gasteiger partial charge in [0.2, 0.25) is 23.6 Å². The minimum absolute atomic E-state index is 0.0972. The van der Waals surface area contributed by atoms with E-state index in [1.54, 1.807) is 20.8 Å². The molecule has 0 fully saturated rings. The van der Waals surface area contributed by atoms with E-state index in [1.807, 2.05) is 0 Å². The molecule has 1 unspecified atom stereocenters. The number of aliphatic imine (C=N–C) groups is 1. The molecule has 43 heavy (non-hydrogen) atoms.